The smallest absolute Gasteiger partial charge is 0.267 e. The Labute approximate surface area is 123 Å². The van der Waals surface area contributed by atoms with Gasteiger partial charge < -0.3 is 0 Å². The second-order valence-electron chi connectivity index (χ2n) is 6.28. The van der Waals surface area contributed by atoms with Crippen LogP contribution in [0.1, 0.15) is 26.5 Å². The first-order valence-electron chi connectivity index (χ1n) is 7.05. The van der Waals surface area contributed by atoms with Crippen LogP contribution in [0.25, 0.3) is 21.9 Å². The van der Waals surface area contributed by atoms with Crippen LogP contribution in [0.2, 0.25) is 0 Å². The van der Waals surface area contributed by atoms with E-state index in [2.05, 4.69) is 49.2 Å². The first kappa shape index (κ1) is 13.6. The van der Waals surface area contributed by atoms with Gasteiger partial charge in [-0.05, 0) is 23.3 Å². The van der Waals surface area contributed by atoms with Gasteiger partial charge in [-0.15, -0.1) is 0 Å². The van der Waals surface area contributed by atoms with Crippen LogP contribution in [0.4, 0.5) is 0 Å². The Bertz CT molecular complexity index is 842. The summed E-state index contributed by atoms with van der Waals surface area (Å²) in [5.74, 6) is 0. The number of rotatable bonds is 1. The molecule has 1 heterocycles. The van der Waals surface area contributed by atoms with Crippen molar-refractivity contribution in [3.63, 3.8) is 0 Å². The fourth-order valence-electron chi connectivity index (χ4n) is 2.55. The van der Waals surface area contributed by atoms with Crippen molar-refractivity contribution in [1.29, 1.82) is 0 Å². The highest BCUT2D eigenvalue weighted by Crippen LogP contribution is 2.29. The molecule has 106 valence electrons. The second-order valence-corrected chi connectivity index (χ2v) is 6.28. The van der Waals surface area contributed by atoms with Crippen molar-refractivity contribution in [2.75, 3.05) is 0 Å². The van der Waals surface area contributed by atoms with E-state index in [9.17, 15) is 4.79 Å². The molecule has 0 fully saturated rings. The zero-order valence-electron chi connectivity index (χ0n) is 12.5. The normalized spacial score (nSPS) is 11.8. The van der Waals surface area contributed by atoms with Gasteiger partial charge in [0.2, 0.25) is 0 Å². The molecule has 3 heteroatoms. The molecule has 3 nitrogen and oxygen atoms in total. The Hall–Kier alpha value is -2.42. The average Bonchev–Trinajstić information content (AvgIpc) is 2.47. The molecule has 0 aliphatic rings. The first-order chi connectivity index (χ1) is 9.97. The van der Waals surface area contributed by atoms with E-state index >= 15 is 0 Å². The predicted octanol–water partition coefficient (Wildman–Crippen LogP) is 3.89. The van der Waals surface area contributed by atoms with Crippen LogP contribution >= 0.6 is 0 Å². The molecule has 0 radical (unpaired) electrons. The number of hydrogen-bond acceptors (Lipinski definition) is 2. The Balaban J connectivity index is 2.32. The molecule has 0 spiro atoms. The summed E-state index contributed by atoms with van der Waals surface area (Å²) in [5.41, 5.74) is 2.88. The fraction of sp³-hybridized carbons (Fsp3) is 0.222. The van der Waals surface area contributed by atoms with E-state index in [0.29, 0.717) is 5.39 Å². The summed E-state index contributed by atoms with van der Waals surface area (Å²) in [6.07, 6.45) is 0. The molecule has 3 aromatic rings. The van der Waals surface area contributed by atoms with Gasteiger partial charge in [-0.25, -0.2) is 5.10 Å². The van der Waals surface area contributed by atoms with Crippen molar-refractivity contribution in [3.8, 4) is 11.1 Å². The largest absolute Gasteiger partial charge is 0.272 e. The lowest BCUT2D eigenvalue weighted by atomic mass is 9.88. The molecule has 0 aliphatic carbocycles. The molecular weight excluding hydrogens is 260 g/mol. The Morgan fingerprint density at radius 3 is 2.29 bits per heavy atom. The highest BCUT2D eigenvalue weighted by molar-refractivity contribution is 5.88. The third-order valence-electron chi connectivity index (χ3n) is 3.61. The molecule has 0 aliphatic heterocycles. The number of hydrogen-bond donors (Lipinski definition) is 1. The van der Waals surface area contributed by atoms with Crippen LogP contribution in [-0.2, 0) is 5.41 Å². The Kier molecular flexibility index (Phi) is 3.13. The van der Waals surface area contributed by atoms with Crippen molar-refractivity contribution in [1.82, 2.24) is 10.2 Å². The van der Waals surface area contributed by atoms with Crippen molar-refractivity contribution in [2.45, 2.75) is 26.2 Å². The summed E-state index contributed by atoms with van der Waals surface area (Å²) in [5, 5.41) is 8.49. The van der Waals surface area contributed by atoms with E-state index in [1.165, 1.54) is 0 Å². The van der Waals surface area contributed by atoms with Gasteiger partial charge in [0.05, 0.1) is 11.1 Å². The van der Waals surface area contributed by atoms with Crippen LogP contribution in [-0.4, -0.2) is 10.2 Å². The number of nitrogens with zero attached hydrogens (tertiary/aromatic N) is 1. The lowest BCUT2D eigenvalue weighted by Gasteiger charge is -2.19. The van der Waals surface area contributed by atoms with E-state index in [1.54, 1.807) is 0 Å². The standard InChI is InChI=1S/C18H18N2O/c1-18(2,3)16-15-11-13(12-7-5-4-6-8-12)9-10-14(15)17(21)20-19-16/h4-11H,1-3H3,(H,20,21). The van der Waals surface area contributed by atoms with Gasteiger partial charge in [-0.3, -0.25) is 4.79 Å². The second kappa shape index (κ2) is 4.85. The molecule has 21 heavy (non-hydrogen) atoms. The molecule has 0 amide bonds. The third kappa shape index (κ3) is 2.47. The van der Waals surface area contributed by atoms with Gasteiger partial charge in [0.1, 0.15) is 0 Å². The number of aromatic nitrogens is 2. The predicted molar refractivity (Wildman–Crippen MR) is 86.5 cm³/mol. The average molecular weight is 278 g/mol. The fourth-order valence-corrected chi connectivity index (χ4v) is 2.55. The summed E-state index contributed by atoms with van der Waals surface area (Å²) < 4.78 is 0. The van der Waals surface area contributed by atoms with Gasteiger partial charge in [0.15, 0.2) is 0 Å². The third-order valence-corrected chi connectivity index (χ3v) is 3.61. The molecule has 2 aromatic carbocycles. The van der Waals surface area contributed by atoms with Gasteiger partial charge in [0.25, 0.3) is 5.56 Å². The first-order valence-corrected chi connectivity index (χ1v) is 7.05. The summed E-state index contributed by atoms with van der Waals surface area (Å²) in [6, 6.07) is 16.1. The van der Waals surface area contributed by atoms with Gasteiger partial charge in [-0.2, -0.15) is 5.10 Å². The maximum atomic E-state index is 12.0. The van der Waals surface area contributed by atoms with E-state index < -0.39 is 0 Å². The SMILES string of the molecule is CC(C)(C)c1n[nH]c(=O)c2ccc(-c3ccccc3)cc12. The minimum atomic E-state index is -0.141. The topological polar surface area (TPSA) is 45.8 Å². The summed E-state index contributed by atoms with van der Waals surface area (Å²) in [4.78, 5) is 12.0. The monoisotopic (exact) mass is 278 g/mol. The Morgan fingerprint density at radius 1 is 0.905 bits per heavy atom. The molecule has 1 aromatic heterocycles. The van der Waals surface area contributed by atoms with Crippen molar-refractivity contribution in [2.24, 2.45) is 0 Å². The highest BCUT2D eigenvalue weighted by atomic mass is 16.1. The molecule has 3 rings (SSSR count). The zero-order chi connectivity index (χ0) is 15.0. The molecule has 0 unspecified atom stereocenters. The van der Waals surface area contributed by atoms with Crippen LogP contribution in [0.5, 0.6) is 0 Å². The maximum absolute atomic E-state index is 12.0. The molecule has 0 saturated heterocycles. The van der Waals surface area contributed by atoms with Crippen LogP contribution in [0.15, 0.2) is 53.3 Å². The lowest BCUT2D eigenvalue weighted by Crippen LogP contribution is -2.20. The van der Waals surface area contributed by atoms with E-state index in [0.717, 1.165) is 22.2 Å². The quantitative estimate of drug-likeness (QED) is 0.734. The minimum Gasteiger partial charge on any atom is -0.267 e. The number of H-pyrrole nitrogens is 1. The van der Waals surface area contributed by atoms with Crippen LogP contribution in [0, 0.1) is 0 Å². The summed E-state index contributed by atoms with van der Waals surface area (Å²) >= 11 is 0. The molecular formula is C18H18N2O. The number of fused-ring (bicyclic) bond motifs is 1. The summed E-state index contributed by atoms with van der Waals surface area (Å²) in [7, 11) is 0. The van der Waals surface area contributed by atoms with Gasteiger partial charge >= 0.3 is 0 Å². The van der Waals surface area contributed by atoms with Crippen molar-refractivity contribution < 1.29 is 0 Å². The Morgan fingerprint density at radius 2 is 1.62 bits per heavy atom. The highest BCUT2D eigenvalue weighted by Gasteiger charge is 2.20. The zero-order valence-corrected chi connectivity index (χ0v) is 12.5. The van der Waals surface area contributed by atoms with Gasteiger partial charge in [0, 0.05) is 10.8 Å². The van der Waals surface area contributed by atoms with Gasteiger partial charge in [-0.1, -0.05) is 57.2 Å². The van der Waals surface area contributed by atoms with Crippen LogP contribution in [0.3, 0.4) is 0 Å². The summed E-state index contributed by atoms with van der Waals surface area (Å²) in [6.45, 7) is 6.30. The molecule has 0 saturated carbocycles. The minimum absolute atomic E-state index is 0.127. The number of nitrogens with one attached hydrogen (secondary N) is 1. The lowest BCUT2D eigenvalue weighted by molar-refractivity contribution is 0.564. The van der Waals surface area contributed by atoms with Crippen LogP contribution < -0.4 is 5.56 Å². The maximum Gasteiger partial charge on any atom is 0.272 e. The number of benzene rings is 2. The number of aromatic amines is 1. The van der Waals surface area contributed by atoms with E-state index in [4.69, 9.17) is 0 Å². The molecule has 1 N–H and O–H groups in total. The molecule has 0 bridgehead atoms. The van der Waals surface area contributed by atoms with E-state index in [1.807, 2.05) is 30.3 Å². The van der Waals surface area contributed by atoms with Crippen molar-refractivity contribution in [3.05, 3.63) is 64.6 Å². The molecule has 0 atom stereocenters. The van der Waals surface area contributed by atoms with E-state index in [-0.39, 0.29) is 11.0 Å². The van der Waals surface area contributed by atoms with Crippen molar-refractivity contribution >= 4 is 10.8 Å².